The molecule has 7 heteroatoms. The number of anilines is 2. The molecule has 1 amide bonds. The first-order valence-electron chi connectivity index (χ1n) is 8.69. The Morgan fingerprint density at radius 2 is 1.69 bits per heavy atom. The molecule has 138 valence electrons. The summed E-state index contributed by atoms with van der Waals surface area (Å²) in [6, 6.07) is 13.7. The summed E-state index contributed by atoms with van der Waals surface area (Å²) in [4.78, 5) is 14.8. The Bertz CT molecular complexity index is 873. The Morgan fingerprint density at radius 1 is 1.00 bits per heavy atom. The molecule has 1 aliphatic heterocycles. The summed E-state index contributed by atoms with van der Waals surface area (Å²) >= 11 is 0. The number of amides is 1. The molecule has 6 nitrogen and oxygen atoms in total. The van der Waals surface area contributed by atoms with Gasteiger partial charge in [-0.3, -0.25) is 4.79 Å². The summed E-state index contributed by atoms with van der Waals surface area (Å²) in [6.07, 6.45) is 3.71. The van der Waals surface area contributed by atoms with Crippen molar-refractivity contribution in [3.05, 3.63) is 54.1 Å². The first-order valence-corrected chi connectivity index (χ1v) is 10.2. The van der Waals surface area contributed by atoms with Gasteiger partial charge in [0.05, 0.1) is 4.90 Å². The van der Waals surface area contributed by atoms with Gasteiger partial charge in [-0.1, -0.05) is 6.07 Å². The van der Waals surface area contributed by atoms with Crippen molar-refractivity contribution < 1.29 is 13.2 Å². The molecule has 2 aromatic rings. The number of benzene rings is 2. The largest absolute Gasteiger partial charge is 0.372 e. The Labute approximate surface area is 154 Å². The van der Waals surface area contributed by atoms with Crippen molar-refractivity contribution in [1.82, 2.24) is 4.72 Å². The van der Waals surface area contributed by atoms with E-state index in [0.717, 1.165) is 18.8 Å². The van der Waals surface area contributed by atoms with Crippen LogP contribution in [0.1, 0.15) is 29.6 Å². The summed E-state index contributed by atoms with van der Waals surface area (Å²) in [7, 11) is -2.24. The summed E-state index contributed by atoms with van der Waals surface area (Å²) in [5, 5.41) is 2.81. The van der Waals surface area contributed by atoms with Crippen molar-refractivity contribution in [2.24, 2.45) is 0 Å². The molecule has 0 unspecified atom stereocenters. The van der Waals surface area contributed by atoms with Crippen LogP contribution >= 0.6 is 0 Å². The molecule has 0 spiro atoms. The minimum Gasteiger partial charge on any atom is -0.372 e. The molecule has 0 saturated carbocycles. The molecule has 1 saturated heterocycles. The highest BCUT2D eigenvalue weighted by atomic mass is 32.2. The highest BCUT2D eigenvalue weighted by Gasteiger charge is 2.15. The minimum absolute atomic E-state index is 0.0631. The summed E-state index contributed by atoms with van der Waals surface area (Å²) in [5.41, 5.74) is 2.13. The van der Waals surface area contributed by atoms with Gasteiger partial charge in [-0.15, -0.1) is 0 Å². The fraction of sp³-hybridized carbons (Fsp3) is 0.316. The molecule has 1 fully saturated rings. The summed E-state index contributed by atoms with van der Waals surface area (Å²) in [6.45, 7) is 2.14. The lowest BCUT2D eigenvalue weighted by molar-refractivity contribution is 0.102. The fourth-order valence-electron chi connectivity index (χ4n) is 3.03. The van der Waals surface area contributed by atoms with Gasteiger partial charge in [0, 0.05) is 30.0 Å². The van der Waals surface area contributed by atoms with Crippen LogP contribution in [0.5, 0.6) is 0 Å². The molecular weight excluding hydrogens is 350 g/mol. The van der Waals surface area contributed by atoms with E-state index in [1.54, 1.807) is 12.1 Å². The number of rotatable bonds is 5. The van der Waals surface area contributed by atoms with Crippen LogP contribution < -0.4 is 14.9 Å². The van der Waals surface area contributed by atoms with Crippen LogP contribution in [0.15, 0.2) is 53.4 Å². The van der Waals surface area contributed by atoms with Gasteiger partial charge in [-0.05, 0) is 68.8 Å². The van der Waals surface area contributed by atoms with Crippen molar-refractivity contribution >= 4 is 27.3 Å². The van der Waals surface area contributed by atoms with Crippen LogP contribution in [0.2, 0.25) is 0 Å². The Balaban J connectivity index is 1.71. The molecule has 0 aliphatic carbocycles. The molecule has 0 atom stereocenters. The van der Waals surface area contributed by atoms with E-state index >= 15 is 0 Å². The second kappa shape index (κ2) is 7.88. The summed E-state index contributed by atoms with van der Waals surface area (Å²) in [5.74, 6) is -0.344. The average Bonchev–Trinajstić information content (AvgIpc) is 2.69. The van der Waals surface area contributed by atoms with Gasteiger partial charge in [-0.25, -0.2) is 13.1 Å². The van der Waals surface area contributed by atoms with Crippen molar-refractivity contribution in [3.8, 4) is 0 Å². The number of hydrogen-bond donors (Lipinski definition) is 2. The molecular formula is C19H23N3O3S. The van der Waals surface area contributed by atoms with Crippen LogP contribution in [0.25, 0.3) is 0 Å². The third kappa shape index (κ3) is 4.23. The maximum Gasteiger partial charge on any atom is 0.255 e. The van der Waals surface area contributed by atoms with Crippen LogP contribution in [0.4, 0.5) is 11.4 Å². The predicted molar refractivity (Wildman–Crippen MR) is 103 cm³/mol. The van der Waals surface area contributed by atoms with Gasteiger partial charge in [0.15, 0.2) is 0 Å². The molecule has 0 aromatic heterocycles. The first kappa shape index (κ1) is 18.4. The van der Waals surface area contributed by atoms with Gasteiger partial charge >= 0.3 is 0 Å². The SMILES string of the molecule is CNS(=O)(=O)c1cccc(C(=O)Nc2ccc(N3CCCCC3)cc2)c1. The van der Waals surface area contributed by atoms with Crippen molar-refractivity contribution in [2.45, 2.75) is 24.2 Å². The molecule has 1 aliphatic rings. The number of sulfonamides is 1. The van der Waals surface area contributed by atoms with Gasteiger partial charge < -0.3 is 10.2 Å². The highest BCUT2D eigenvalue weighted by molar-refractivity contribution is 7.89. The number of nitrogens with one attached hydrogen (secondary N) is 2. The van der Waals surface area contributed by atoms with E-state index in [-0.39, 0.29) is 10.8 Å². The molecule has 0 radical (unpaired) electrons. The second-order valence-electron chi connectivity index (χ2n) is 6.28. The van der Waals surface area contributed by atoms with Crippen molar-refractivity contribution in [3.63, 3.8) is 0 Å². The van der Waals surface area contributed by atoms with E-state index in [2.05, 4.69) is 14.9 Å². The third-order valence-corrected chi connectivity index (χ3v) is 5.93. The van der Waals surface area contributed by atoms with Crippen LogP contribution in [-0.2, 0) is 10.0 Å². The Morgan fingerprint density at radius 3 is 2.35 bits per heavy atom. The Hall–Kier alpha value is -2.38. The minimum atomic E-state index is -3.58. The zero-order valence-electron chi connectivity index (χ0n) is 14.7. The van der Waals surface area contributed by atoms with E-state index in [4.69, 9.17) is 0 Å². The van der Waals surface area contributed by atoms with Crippen LogP contribution in [0, 0.1) is 0 Å². The van der Waals surface area contributed by atoms with E-state index in [1.165, 1.54) is 38.4 Å². The van der Waals surface area contributed by atoms with E-state index in [1.807, 2.05) is 24.3 Å². The number of carbonyl (C=O) groups excluding carboxylic acids is 1. The number of piperidine rings is 1. The molecule has 2 N–H and O–H groups in total. The fourth-order valence-corrected chi connectivity index (χ4v) is 3.81. The van der Waals surface area contributed by atoms with Gasteiger partial charge in [0.1, 0.15) is 0 Å². The normalized spacial score (nSPS) is 14.9. The smallest absolute Gasteiger partial charge is 0.255 e. The lowest BCUT2D eigenvalue weighted by Gasteiger charge is -2.28. The highest BCUT2D eigenvalue weighted by Crippen LogP contribution is 2.22. The van der Waals surface area contributed by atoms with Gasteiger partial charge in [0.2, 0.25) is 10.0 Å². The van der Waals surface area contributed by atoms with Gasteiger partial charge in [0.25, 0.3) is 5.91 Å². The quantitative estimate of drug-likeness (QED) is 0.845. The zero-order chi connectivity index (χ0) is 18.6. The third-order valence-electron chi connectivity index (χ3n) is 4.52. The molecule has 0 bridgehead atoms. The number of nitrogens with zero attached hydrogens (tertiary/aromatic N) is 1. The monoisotopic (exact) mass is 373 g/mol. The van der Waals surface area contributed by atoms with E-state index in [0.29, 0.717) is 11.3 Å². The van der Waals surface area contributed by atoms with E-state index < -0.39 is 10.0 Å². The number of carbonyl (C=O) groups is 1. The first-order chi connectivity index (χ1) is 12.5. The van der Waals surface area contributed by atoms with Gasteiger partial charge in [-0.2, -0.15) is 0 Å². The van der Waals surface area contributed by atoms with Crippen molar-refractivity contribution in [1.29, 1.82) is 0 Å². The average molecular weight is 373 g/mol. The Kier molecular flexibility index (Phi) is 5.58. The maximum atomic E-state index is 12.4. The molecule has 2 aromatic carbocycles. The number of hydrogen-bond acceptors (Lipinski definition) is 4. The molecule has 1 heterocycles. The topological polar surface area (TPSA) is 78.5 Å². The predicted octanol–water partition coefficient (Wildman–Crippen LogP) is 2.84. The molecule has 26 heavy (non-hydrogen) atoms. The van der Waals surface area contributed by atoms with E-state index in [9.17, 15) is 13.2 Å². The zero-order valence-corrected chi connectivity index (χ0v) is 15.6. The lowest BCUT2D eigenvalue weighted by Crippen LogP contribution is -2.29. The van der Waals surface area contributed by atoms with Crippen LogP contribution in [0.3, 0.4) is 0 Å². The second-order valence-corrected chi connectivity index (χ2v) is 8.17. The summed E-state index contributed by atoms with van der Waals surface area (Å²) < 4.78 is 26.0. The lowest BCUT2D eigenvalue weighted by atomic mass is 10.1. The standard InChI is InChI=1S/C19H23N3O3S/c1-20-26(24,25)18-7-5-6-15(14-18)19(23)21-16-8-10-17(11-9-16)22-12-3-2-4-13-22/h5-11,14,20H,2-4,12-13H2,1H3,(H,21,23). The van der Waals surface area contributed by atoms with Crippen molar-refractivity contribution in [2.75, 3.05) is 30.4 Å². The molecule has 3 rings (SSSR count). The maximum absolute atomic E-state index is 12.4. The van der Waals surface area contributed by atoms with Crippen LogP contribution in [-0.4, -0.2) is 34.5 Å².